The number of ether oxygens (including phenoxy) is 1. The van der Waals surface area contributed by atoms with Crippen LogP contribution in [0.15, 0.2) is 24.3 Å². The minimum absolute atomic E-state index is 0.0648. The first-order valence-corrected chi connectivity index (χ1v) is 9.87. The fourth-order valence-electron chi connectivity index (χ4n) is 2.53. The van der Waals surface area contributed by atoms with Gasteiger partial charge >= 0.3 is 0 Å². The van der Waals surface area contributed by atoms with Crippen LogP contribution in [-0.4, -0.2) is 62.5 Å². The first kappa shape index (κ1) is 29.4. The summed E-state index contributed by atoms with van der Waals surface area (Å²) in [6, 6.07) is 7.96. The molecular formula is C21H38F2N2O4. The van der Waals surface area contributed by atoms with Gasteiger partial charge in [-0.1, -0.05) is 31.5 Å². The van der Waals surface area contributed by atoms with E-state index in [-0.39, 0.29) is 31.3 Å². The number of hydrogen-bond donors (Lipinski definition) is 4. The van der Waals surface area contributed by atoms with Crippen LogP contribution in [0.1, 0.15) is 38.7 Å². The van der Waals surface area contributed by atoms with E-state index in [0.29, 0.717) is 0 Å². The van der Waals surface area contributed by atoms with Gasteiger partial charge in [-0.3, -0.25) is 4.79 Å². The van der Waals surface area contributed by atoms with Crippen molar-refractivity contribution < 1.29 is 28.5 Å². The van der Waals surface area contributed by atoms with Crippen LogP contribution >= 0.6 is 0 Å². The summed E-state index contributed by atoms with van der Waals surface area (Å²) in [7, 11) is 3.46. The molecule has 4 N–H and O–H groups in total. The highest BCUT2D eigenvalue weighted by molar-refractivity contribution is 5.32. The van der Waals surface area contributed by atoms with E-state index >= 15 is 0 Å². The number of β-amino-alcohol motifs (C(OH)–C–C–N with tert-alkyl or cyclic N) is 1. The van der Waals surface area contributed by atoms with Gasteiger partial charge in [0.1, 0.15) is 5.75 Å². The van der Waals surface area contributed by atoms with E-state index in [1.54, 1.807) is 14.2 Å². The standard InChI is InChI=1S/C8H10O.C6H11F2N.C4H9NO.C2H6.CH2O2/c1-7-3-5-8(9-2)6-4-7;1-9-4-5-2-6(7,8)3-5;6-4-1-2-5-3-4;1-2;2-1-3/h3-6H,1-2H3;5,9H,2-4H2,1H3;4-6H,1-3H2;1-2H3;1H,(H,2,3). The summed E-state index contributed by atoms with van der Waals surface area (Å²) in [5, 5.41) is 21.5. The fourth-order valence-corrected chi connectivity index (χ4v) is 2.53. The number of carbonyl (C=O) groups is 1. The second-order valence-corrected chi connectivity index (χ2v) is 6.46. The van der Waals surface area contributed by atoms with Crippen molar-refractivity contribution in [1.29, 1.82) is 0 Å². The molecule has 1 heterocycles. The minimum Gasteiger partial charge on any atom is -0.497 e. The first-order valence-electron chi connectivity index (χ1n) is 9.87. The fraction of sp³-hybridized carbons (Fsp3) is 0.667. The predicted molar refractivity (Wildman–Crippen MR) is 113 cm³/mol. The number of hydrogen-bond acceptors (Lipinski definition) is 5. The molecule has 1 atom stereocenters. The number of carboxylic acid groups (broad SMARTS) is 1. The number of aryl methyl sites for hydroxylation is 1. The molecule has 0 radical (unpaired) electrons. The Morgan fingerprint density at radius 2 is 1.79 bits per heavy atom. The van der Waals surface area contributed by atoms with Crippen molar-refractivity contribution in [3.8, 4) is 5.75 Å². The molecule has 1 saturated carbocycles. The summed E-state index contributed by atoms with van der Waals surface area (Å²) < 4.78 is 29.1. The number of rotatable bonds is 3. The zero-order chi connectivity index (χ0) is 22.7. The lowest BCUT2D eigenvalue weighted by Crippen LogP contribution is -2.40. The lowest BCUT2D eigenvalue weighted by molar-refractivity contribution is -0.122. The van der Waals surface area contributed by atoms with Gasteiger partial charge in [-0.2, -0.15) is 0 Å². The quantitative estimate of drug-likeness (QED) is 0.561. The van der Waals surface area contributed by atoms with Crippen molar-refractivity contribution in [2.24, 2.45) is 5.92 Å². The molecule has 0 spiro atoms. The van der Waals surface area contributed by atoms with Gasteiger partial charge in [-0.25, -0.2) is 8.78 Å². The van der Waals surface area contributed by atoms with Gasteiger partial charge in [0, 0.05) is 19.4 Å². The van der Waals surface area contributed by atoms with Gasteiger partial charge < -0.3 is 25.6 Å². The third kappa shape index (κ3) is 16.9. The smallest absolute Gasteiger partial charge is 0.290 e. The highest BCUT2D eigenvalue weighted by Crippen LogP contribution is 2.41. The highest BCUT2D eigenvalue weighted by Gasteiger charge is 2.44. The second kappa shape index (κ2) is 18.3. The van der Waals surface area contributed by atoms with Gasteiger partial charge in [-0.15, -0.1) is 0 Å². The normalized spacial score (nSPS) is 18.6. The van der Waals surface area contributed by atoms with Crippen molar-refractivity contribution in [1.82, 2.24) is 10.6 Å². The molecule has 3 rings (SSSR count). The Morgan fingerprint density at radius 3 is 2.07 bits per heavy atom. The molecule has 0 aromatic heterocycles. The number of methoxy groups -OCH3 is 1. The second-order valence-electron chi connectivity index (χ2n) is 6.46. The number of halogens is 2. The molecule has 1 aliphatic carbocycles. The molecule has 170 valence electrons. The average molecular weight is 421 g/mol. The van der Waals surface area contributed by atoms with Crippen LogP contribution < -0.4 is 15.4 Å². The zero-order valence-corrected chi connectivity index (χ0v) is 18.3. The van der Waals surface area contributed by atoms with E-state index in [4.69, 9.17) is 19.7 Å². The highest BCUT2D eigenvalue weighted by atomic mass is 19.3. The average Bonchev–Trinajstić information content (AvgIpc) is 3.16. The molecule has 2 aliphatic rings. The largest absolute Gasteiger partial charge is 0.497 e. The molecular weight excluding hydrogens is 382 g/mol. The lowest BCUT2D eigenvalue weighted by atomic mass is 9.81. The van der Waals surface area contributed by atoms with Gasteiger partial charge in [0.05, 0.1) is 13.2 Å². The summed E-state index contributed by atoms with van der Waals surface area (Å²) in [6.45, 7) is 8.32. The Labute approximate surface area is 173 Å². The van der Waals surface area contributed by atoms with Crippen LogP contribution in [-0.2, 0) is 4.79 Å². The van der Waals surface area contributed by atoms with Crippen LogP contribution in [0.5, 0.6) is 5.75 Å². The van der Waals surface area contributed by atoms with E-state index in [1.807, 2.05) is 38.1 Å². The SMILES string of the molecule is CC.CNCC1CC(F)(F)C1.COc1ccc(C)cc1.O=CO.OC1CCNC1. The maximum Gasteiger partial charge on any atom is 0.290 e. The Kier molecular flexibility index (Phi) is 18.5. The molecule has 8 heteroatoms. The summed E-state index contributed by atoms with van der Waals surface area (Å²) in [4.78, 5) is 8.36. The van der Waals surface area contributed by atoms with Gasteiger partial charge in [0.25, 0.3) is 6.47 Å². The van der Waals surface area contributed by atoms with Crippen molar-refractivity contribution in [3.05, 3.63) is 29.8 Å². The molecule has 1 aromatic rings. The number of nitrogens with one attached hydrogen (secondary N) is 2. The van der Waals surface area contributed by atoms with Crippen LogP contribution in [0.2, 0.25) is 0 Å². The van der Waals surface area contributed by atoms with Crippen molar-refractivity contribution in [2.45, 2.75) is 52.1 Å². The molecule has 1 unspecified atom stereocenters. The molecule has 1 saturated heterocycles. The van der Waals surface area contributed by atoms with Crippen LogP contribution in [0.25, 0.3) is 0 Å². The van der Waals surface area contributed by atoms with Crippen LogP contribution in [0.4, 0.5) is 8.78 Å². The van der Waals surface area contributed by atoms with E-state index in [9.17, 15) is 8.78 Å². The predicted octanol–water partition coefficient (Wildman–Crippen LogP) is 3.32. The third-order valence-electron chi connectivity index (χ3n) is 3.96. The molecule has 29 heavy (non-hydrogen) atoms. The molecule has 0 amide bonds. The number of benzene rings is 1. The van der Waals surface area contributed by atoms with E-state index < -0.39 is 5.92 Å². The van der Waals surface area contributed by atoms with Crippen molar-refractivity contribution >= 4 is 6.47 Å². The summed E-state index contributed by atoms with van der Waals surface area (Å²) >= 11 is 0. The molecule has 0 bridgehead atoms. The minimum atomic E-state index is -2.35. The van der Waals surface area contributed by atoms with Crippen LogP contribution in [0, 0.1) is 12.8 Å². The molecule has 2 fully saturated rings. The molecule has 6 nitrogen and oxygen atoms in total. The summed E-state index contributed by atoms with van der Waals surface area (Å²) in [6.07, 6.45) is 1.02. The van der Waals surface area contributed by atoms with Gasteiger partial charge in [0.2, 0.25) is 5.92 Å². The maximum atomic E-state index is 12.1. The van der Waals surface area contributed by atoms with E-state index in [1.165, 1.54) is 5.56 Å². The van der Waals surface area contributed by atoms with Gasteiger partial charge in [0.15, 0.2) is 0 Å². The molecule has 1 aromatic carbocycles. The first-order chi connectivity index (χ1) is 13.8. The number of alkyl halides is 2. The monoisotopic (exact) mass is 420 g/mol. The lowest BCUT2D eigenvalue weighted by Gasteiger charge is -2.34. The van der Waals surface area contributed by atoms with Gasteiger partial charge in [-0.05, 0) is 51.5 Å². The van der Waals surface area contributed by atoms with Crippen molar-refractivity contribution in [3.63, 3.8) is 0 Å². The Morgan fingerprint density at radius 1 is 1.28 bits per heavy atom. The Balaban J connectivity index is 0. The zero-order valence-electron chi connectivity index (χ0n) is 18.3. The Hall–Kier alpha value is -1.77. The third-order valence-corrected chi connectivity index (χ3v) is 3.96. The van der Waals surface area contributed by atoms with E-state index in [2.05, 4.69) is 17.6 Å². The van der Waals surface area contributed by atoms with Crippen molar-refractivity contribution in [2.75, 3.05) is 33.8 Å². The Bertz CT molecular complexity index is 488. The summed E-state index contributed by atoms with van der Waals surface area (Å²) in [5.74, 6) is -1.22. The topological polar surface area (TPSA) is 90.8 Å². The maximum absolute atomic E-state index is 12.1. The van der Waals surface area contributed by atoms with Crippen LogP contribution in [0.3, 0.4) is 0 Å². The molecule has 1 aliphatic heterocycles. The van der Waals surface area contributed by atoms with E-state index in [0.717, 1.165) is 31.8 Å². The summed E-state index contributed by atoms with van der Waals surface area (Å²) in [5.41, 5.74) is 1.26. The number of aliphatic hydroxyl groups is 1. The number of aliphatic hydroxyl groups excluding tert-OH is 1.